The van der Waals surface area contributed by atoms with Gasteiger partial charge >= 0.3 is 280 Å². The Kier molecular flexibility index (Phi) is 13.2. The van der Waals surface area contributed by atoms with E-state index < -0.39 is 49.2 Å². The summed E-state index contributed by atoms with van der Waals surface area (Å²) in [6.07, 6.45) is 2.65. The zero-order valence-corrected chi connectivity index (χ0v) is 30.6. The molecule has 0 aromatic heterocycles. The Bertz CT molecular complexity index is 1780. The van der Waals surface area contributed by atoms with Crippen molar-refractivity contribution in [3.8, 4) is 5.75 Å². The van der Waals surface area contributed by atoms with Gasteiger partial charge < -0.3 is 0 Å². The standard InChI is InChI=1S/C40H46N3O9P/c1-49-28-16-26-35(53(47,48,50-2)52-33-23-13-6-14-24-33)41-38(44)34-25-15-27-43(34)39(45)37(42-40(46)51-29-30-17-7-3-8-18-30)36(31-19-9-4-10-20-31)32-21-11-5-12-22-32/h3-14,16-24,28,34-37,47-48H,15,25-27,29H2,1-2H3,(H,41,44)(H,42,46)/b28-16+/t34-,35+,37-/m1/s1. The van der Waals surface area contributed by atoms with Gasteiger partial charge in [0.2, 0.25) is 0 Å². The minimum atomic E-state index is -5.61. The predicted molar refractivity (Wildman–Crippen MR) is 201 cm³/mol. The summed E-state index contributed by atoms with van der Waals surface area (Å²) in [4.78, 5) is 67.3. The van der Waals surface area contributed by atoms with Crippen molar-refractivity contribution in [2.45, 2.75) is 49.7 Å². The van der Waals surface area contributed by atoms with Crippen molar-refractivity contribution in [3.63, 3.8) is 0 Å². The van der Waals surface area contributed by atoms with E-state index in [0.717, 1.165) is 23.8 Å². The minimum absolute atomic E-state index is 0.0125. The first-order valence-corrected chi connectivity index (χ1v) is 19.3. The zero-order chi connectivity index (χ0) is 37.7. The molecule has 13 heteroatoms. The number of nitrogens with one attached hydrogen (secondary N) is 2. The van der Waals surface area contributed by atoms with Crippen molar-refractivity contribution in [3.05, 3.63) is 150 Å². The van der Waals surface area contributed by atoms with E-state index in [-0.39, 0.29) is 31.7 Å². The summed E-state index contributed by atoms with van der Waals surface area (Å²) >= 11 is 0. The van der Waals surface area contributed by atoms with Gasteiger partial charge in [-0.2, -0.15) is 0 Å². The maximum absolute atomic E-state index is 14.8. The quantitative estimate of drug-likeness (QED) is 0.0797. The molecule has 0 bridgehead atoms. The summed E-state index contributed by atoms with van der Waals surface area (Å²) in [5, 5.41) is 5.56. The summed E-state index contributed by atoms with van der Waals surface area (Å²) in [5.74, 6) is -3.18. The van der Waals surface area contributed by atoms with Gasteiger partial charge in [0.05, 0.1) is 0 Å². The topological polar surface area (TPSA) is 156 Å². The molecule has 4 N–H and O–H groups in total. The van der Waals surface area contributed by atoms with Crippen molar-refractivity contribution >= 4 is 25.4 Å². The van der Waals surface area contributed by atoms with Gasteiger partial charge in [-0.1, -0.05) is 30.3 Å². The second kappa shape index (κ2) is 18.0. The van der Waals surface area contributed by atoms with Crippen LogP contribution in [0.2, 0.25) is 0 Å². The summed E-state index contributed by atoms with van der Waals surface area (Å²) in [7, 11) is -3.09. The molecular weight excluding hydrogens is 697 g/mol. The third kappa shape index (κ3) is 10.00. The second-order valence-corrected chi connectivity index (χ2v) is 15.6. The molecule has 1 aliphatic rings. The number of benzene rings is 4. The predicted octanol–water partition coefficient (Wildman–Crippen LogP) is 6.02. The van der Waals surface area contributed by atoms with Crippen molar-refractivity contribution in [2.24, 2.45) is 0 Å². The monoisotopic (exact) mass is 743 g/mol. The number of methoxy groups -OCH3 is 1. The Labute approximate surface area is 309 Å². The average Bonchev–Trinajstić information content (AvgIpc) is 3.68. The van der Waals surface area contributed by atoms with E-state index in [0.29, 0.717) is 6.42 Å². The van der Waals surface area contributed by atoms with Crippen LogP contribution in [0.3, 0.4) is 0 Å². The third-order valence-corrected chi connectivity index (χ3v) is 11.7. The Morgan fingerprint density at radius 1 is 0.830 bits per heavy atom. The summed E-state index contributed by atoms with van der Waals surface area (Å²) in [6.45, 7) is 0.201. The number of carbonyl (C=O) groups is 3. The molecular formula is C40H46N3O9P. The number of para-hydroxylation sites is 1. The fourth-order valence-corrected chi connectivity index (χ4v) is 8.16. The average molecular weight is 744 g/mol. The molecule has 4 aromatic carbocycles. The van der Waals surface area contributed by atoms with Gasteiger partial charge in [-0.3, -0.25) is 0 Å². The summed E-state index contributed by atoms with van der Waals surface area (Å²) in [5.41, 5.74) is 2.31. The summed E-state index contributed by atoms with van der Waals surface area (Å²) in [6, 6.07) is 33.7. The number of hydrogen-bond acceptors (Lipinski definition) is 9. The van der Waals surface area contributed by atoms with Gasteiger partial charge in [0, 0.05) is 0 Å². The van der Waals surface area contributed by atoms with E-state index in [2.05, 4.69) is 10.6 Å². The van der Waals surface area contributed by atoms with E-state index in [1.54, 1.807) is 18.2 Å². The van der Waals surface area contributed by atoms with Crippen LogP contribution in [0.25, 0.3) is 0 Å². The first-order chi connectivity index (χ1) is 25.6. The summed E-state index contributed by atoms with van der Waals surface area (Å²) < 4.78 is 21.6. The van der Waals surface area contributed by atoms with Crippen LogP contribution < -0.4 is 15.2 Å². The van der Waals surface area contributed by atoms with Crippen molar-refractivity contribution in [1.29, 1.82) is 0 Å². The first-order valence-electron chi connectivity index (χ1n) is 17.3. The fourth-order valence-electron chi connectivity index (χ4n) is 6.36. The molecule has 5 rings (SSSR count). The molecule has 0 saturated carbocycles. The Balaban J connectivity index is 1.46. The number of rotatable bonds is 16. The molecule has 0 unspecified atom stereocenters. The molecule has 1 fully saturated rings. The van der Waals surface area contributed by atoms with Gasteiger partial charge in [-0.05, 0) is 0 Å². The number of alkyl carbamates (subject to hydrolysis) is 1. The van der Waals surface area contributed by atoms with Crippen molar-refractivity contribution in [1.82, 2.24) is 15.5 Å². The molecule has 12 nitrogen and oxygen atoms in total. The molecule has 3 atom stereocenters. The third-order valence-electron chi connectivity index (χ3n) is 9.04. The second-order valence-electron chi connectivity index (χ2n) is 12.6. The Morgan fingerprint density at radius 3 is 1.96 bits per heavy atom. The van der Waals surface area contributed by atoms with Gasteiger partial charge in [0.25, 0.3) is 0 Å². The van der Waals surface area contributed by atoms with E-state index in [1.165, 1.54) is 36.5 Å². The van der Waals surface area contributed by atoms with Crippen molar-refractivity contribution < 1.29 is 42.7 Å². The number of nitrogens with zero attached hydrogens (tertiary/aromatic N) is 1. The van der Waals surface area contributed by atoms with E-state index in [9.17, 15) is 24.2 Å². The molecule has 0 radical (unpaired) electrons. The van der Waals surface area contributed by atoms with E-state index >= 15 is 0 Å². The van der Waals surface area contributed by atoms with Crippen LogP contribution in [0.15, 0.2) is 134 Å². The molecule has 53 heavy (non-hydrogen) atoms. The van der Waals surface area contributed by atoms with Crippen LogP contribution in [0.5, 0.6) is 5.75 Å². The van der Waals surface area contributed by atoms with E-state index in [4.69, 9.17) is 18.5 Å². The molecule has 3 amide bonds. The van der Waals surface area contributed by atoms with Crippen LogP contribution in [0.4, 0.5) is 4.79 Å². The van der Waals surface area contributed by atoms with Crippen LogP contribution in [0.1, 0.15) is 41.9 Å². The molecule has 4 aromatic rings. The van der Waals surface area contributed by atoms with Gasteiger partial charge in [0.1, 0.15) is 0 Å². The number of carbonyl (C=O) groups excluding carboxylic acids is 3. The number of hydrogen-bond donors (Lipinski definition) is 4. The van der Waals surface area contributed by atoms with E-state index in [1.807, 2.05) is 91.0 Å². The molecule has 0 spiro atoms. The molecule has 1 heterocycles. The number of likely N-dealkylation sites (tertiary alicyclic amines) is 1. The molecule has 280 valence electrons. The Hall–Kier alpha value is -5.26. The van der Waals surface area contributed by atoms with Gasteiger partial charge in [0.15, 0.2) is 0 Å². The zero-order valence-electron chi connectivity index (χ0n) is 29.7. The molecule has 1 aliphatic heterocycles. The van der Waals surface area contributed by atoms with Crippen LogP contribution in [-0.4, -0.2) is 71.2 Å². The van der Waals surface area contributed by atoms with Crippen LogP contribution >= 0.6 is 7.51 Å². The first kappa shape index (κ1) is 39.0. The Morgan fingerprint density at radius 2 is 1.40 bits per heavy atom. The molecule has 1 saturated heterocycles. The number of ether oxygens (including phenoxy) is 2. The SMILES string of the molecule is CO/C=C/C[C@@H](NC(=O)[C@H]1CCCN1C(=O)[C@H](NC(=O)OCc1ccccc1)C(c1ccccc1)c1ccccc1)P(O)(O)(OC)Oc1ccccc1. The van der Waals surface area contributed by atoms with Crippen LogP contribution in [-0.2, 0) is 30.2 Å². The van der Waals surface area contributed by atoms with Crippen molar-refractivity contribution in [2.75, 3.05) is 20.8 Å². The number of amides is 3. The van der Waals surface area contributed by atoms with Crippen LogP contribution in [0, 0.1) is 0 Å². The fraction of sp³-hybridized carbons (Fsp3) is 0.275. The maximum atomic E-state index is 14.8. The normalized spacial score (nSPS) is 16.3. The van der Waals surface area contributed by atoms with Gasteiger partial charge in [-0.25, -0.2) is 0 Å². The van der Waals surface area contributed by atoms with Gasteiger partial charge in [-0.15, -0.1) is 0 Å². The molecule has 0 aliphatic carbocycles.